The molecule has 0 aliphatic carbocycles. The van der Waals surface area contributed by atoms with Crippen LogP contribution in [-0.2, 0) is 5.54 Å². The van der Waals surface area contributed by atoms with Gasteiger partial charge in [-0.3, -0.25) is 4.79 Å². The standard InChI is InChI=1S/C12H20ClN3O/c1-9(13)8-15(5)10-11(17)16(7-6-14-10)12(2,3)4/h6-7,9H,8H2,1-5H3. The van der Waals surface area contributed by atoms with Gasteiger partial charge in [-0.2, -0.15) is 0 Å². The molecule has 0 spiro atoms. The smallest absolute Gasteiger partial charge is 0.293 e. The molecule has 1 atom stereocenters. The molecule has 0 N–H and O–H groups in total. The second-order valence-corrected chi connectivity index (χ2v) is 6.00. The number of rotatable bonds is 3. The van der Waals surface area contributed by atoms with Crippen molar-refractivity contribution in [1.29, 1.82) is 0 Å². The number of hydrogen-bond donors (Lipinski definition) is 0. The Morgan fingerprint density at radius 1 is 1.53 bits per heavy atom. The van der Waals surface area contributed by atoms with E-state index in [1.54, 1.807) is 21.9 Å². The lowest BCUT2D eigenvalue weighted by Gasteiger charge is -2.25. The monoisotopic (exact) mass is 257 g/mol. The maximum atomic E-state index is 12.3. The van der Waals surface area contributed by atoms with E-state index in [0.717, 1.165) is 0 Å². The van der Waals surface area contributed by atoms with Crippen LogP contribution in [0.15, 0.2) is 17.2 Å². The number of alkyl halides is 1. The van der Waals surface area contributed by atoms with E-state index >= 15 is 0 Å². The van der Waals surface area contributed by atoms with E-state index in [1.807, 2.05) is 34.7 Å². The molecule has 1 unspecified atom stereocenters. The van der Waals surface area contributed by atoms with Gasteiger partial charge in [-0.05, 0) is 27.7 Å². The van der Waals surface area contributed by atoms with E-state index in [4.69, 9.17) is 11.6 Å². The average Bonchev–Trinajstić information content (AvgIpc) is 2.14. The lowest BCUT2D eigenvalue weighted by atomic mass is 10.1. The third-order valence-electron chi connectivity index (χ3n) is 2.43. The molecule has 0 saturated carbocycles. The molecule has 96 valence electrons. The molecule has 4 nitrogen and oxygen atoms in total. The SMILES string of the molecule is CC(Cl)CN(C)c1nccn(C(C)(C)C)c1=O. The highest BCUT2D eigenvalue weighted by Gasteiger charge is 2.18. The Hall–Kier alpha value is -1.03. The van der Waals surface area contributed by atoms with Gasteiger partial charge in [-0.15, -0.1) is 11.6 Å². The zero-order valence-corrected chi connectivity index (χ0v) is 11.8. The maximum absolute atomic E-state index is 12.3. The molecule has 1 heterocycles. The Kier molecular flexibility index (Phi) is 4.20. The minimum atomic E-state index is -0.248. The molecule has 0 fully saturated rings. The molecule has 0 aromatic carbocycles. The Labute approximate surface area is 107 Å². The van der Waals surface area contributed by atoms with Crippen LogP contribution in [0.3, 0.4) is 0 Å². The van der Waals surface area contributed by atoms with Crippen LogP contribution in [0.5, 0.6) is 0 Å². The normalized spacial score (nSPS) is 13.5. The Morgan fingerprint density at radius 3 is 2.59 bits per heavy atom. The van der Waals surface area contributed by atoms with Gasteiger partial charge in [-0.25, -0.2) is 4.98 Å². The Bertz CT molecular complexity index is 434. The van der Waals surface area contributed by atoms with Crippen molar-refractivity contribution in [2.75, 3.05) is 18.5 Å². The predicted octanol–water partition coefficient (Wildman–Crippen LogP) is 2.06. The molecule has 1 rings (SSSR count). The van der Waals surface area contributed by atoms with Gasteiger partial charge in [0.25, 0.3) is 5.56 Å². The molecular weight excluding hydrogens is 238 g/mol. The molecular formula is C12H20ClN3O. The molecule has 1 aromatic rings. The fraction of sp³-hybridized carbons (Fsp3) is 0.667. The maximum Gasteiger partial charge on any atom is 0.293 e. The zero-order chi connectivity index (χ0) is 13.2. The number of hydrogen-bond acceptors (Lipinski definition) is 3. The molecule has 0 radical (unpaired) electrons. The van der Waals surface area contributed by atoms with Crippen molar-refractivity contribution in [3.05, 3.63) is 22.7 Å². The summed E-state index contributed by atoms with van der Waals surface area (Å²) < 4.78 is 1.69. The zero-order valence-electron chi connectivity index (χ0n) is 11.1. The summed E-state index contributed by atoms with van der Waals surface area (Å²) in [4.78, 5) is 18.2. The highest BCUT2D eigenvalue weighted by atomic mass is 35.5. The van der Waals surface area contributed by atoms with Gasteiger partial charge < -0.3 is 9.47 Å². The van der Waals surface area contributed by atoms with Crippen LogP contribution in [0.1, 0.15) is 27.7 Å². The average molecular weight is 258 g/mol. The fourth-order valence-electron chi connectivity index (χ4n) is 1.66. The summed E-state index contributed by atoms with van der Waals surface area (Å²) in [5, 5.41) is -0.0236. The minimum Gasteiger partial charge on any atom is -0.354 e. The van der Waals surface area contributed by atoms with Gasteiger partial charge in [0.2, 0.25) is 0 Å². The predicted molar refractivity (Wildman–Crippen MR) is 72.1 cm³/mol. The van der Waals surface area contributed by atoms with Gasteiger partial charge in [0.15, 0.2) is 5.82 Å². The van der Waals surface area contributed by atoms with E-state index < -0.39 is 0 Å². The van der Waals surface area contributed by atoms with Gasteiger partial charge in [0.1, 0.15) is 0 Å². The molecule has 1 aromatic heterocycles. The molecule has 0 saturated heterocycles. The van der Waals surface area contributed by atoms with Crippen molar-refractivity contribution in [2.45, 2.75) is 38.6 Å². The Balaban J connectivity index is 3.16. The summed E-state index contributed by atoms with van der Waals surface area (Å²) >= 11 is 5.93. The topological polar surface area (TPSA) is 38.1 Å². The summed E-state index contributed by atoms with van der Waals surface area (Å²) in [7, 11) is 1.83. The largest absolute Gasteiger partial charge is 0.354 e. The quantitative estimate of drug-likeness (QED) is 0.778. The van der Waals surface area contributed by atoms with Crippen molar-refractivity contribution in [2.24, 2.45) is 0 Å². The van der Waals surface area contributed by atoms with Crippen LogP contribution in [0.4, 0.5) is 5.82 Å². The highest BCUT2D eigenvalue weighted by molar-refractivity contribution is 6.20. The summed E-state index contributed by atoms with van der Waals surface area (Å²) in [6, 6.07) is 0. The highest BCUT2D eigenvalue weighted by Crippen LogP contribution is 2.12. The summed E-state index contributed by atoms with van der Waals surface area (Å²) in [6.07, 6.45) is 3.36. The lowest BCUT2D eigenvalue weighted by molar-refractivity contribution is 0.382. The number of anilines is 1. The van der Waals surface area contributed by atoms with Crippen molar-refractivity contribution in [3.8, 4) is 0 Å². The lowest BCUT2D eigenvalue weighted by Crippen LogP contribution is -2.38. The first-order valence-electron chi connectivity index (χ1n) is 5.67. The number of nitrogens with zero attached hydrogens (tertiary/aromatic N) is 3. The third kappa shape index (κ3) is 3.46. The molecule has 0 amide bonds. The fourth-order valence-corrected chi connectivity index (χ4v) is 1.86. The van der Waals surface area contributed by atoms with Gasteiger partial charge in [-0.1, -0.05) is 0 Å². The van der Waals surface area contributed by atoms with E-state index in [1.165, 1.54) is 0 Å². The van der Waals surface area contributed by atoms with E-state index in [9.17, 15) is 4.79 Å². The van der Waals surface area contributed by atoms with E-state index in [-0.39, 0.29) is 16.5 Å². The first-order valence-corrected chi connectivity index (χ1v) is 6.10. The molecule has 5 heteroatoms. The molecule has 0 bridgehead atoms. The van der Waals surface area contributed by atoms with E-state index in [2.05, 4.69) is 4.98 Å². The first kappa shape index (κ1) is 14.0. The molecule has 17 heavy (non-hydrogen) atoms. The van der Waals surface area contributed by atoms with E-state index in [0.29, 0.717) is 12.4 Å². The van der Waals surface area contributed by atoms with Crippen LogP contribution < -0.4 is 10.5 Å². The van der Waals surface area contributed by atoms with Crippen LogP contribution in [0, 0.1) is 0 Å². The molecule has 0 aliphatic rings. The van der Waals surface area contributed by atoms with Crippen LogP contribution in [-0.4, -0.2) is 28.5 Å². The molecule has 0 aliphatic heterocycles. The number of aromatic nitrogens is 2. The summed E-state index contributed by atoms with van der Waals surface area (Å²) in [5.41, 5.74) is -0.331. The van der Waals surface area contributed by atoms with Gasteiger partial charge >= 0.3 is 0 Å². The first-order chi connectivity index (χ1) is 7.73. The van der Waals surface area contributed by atoms with Gasteiger partial charge in [0, 0.05) is 36.9 Å². The van der Waals surface area contributed by atoms with Crippen LogP contribution in [0.2, 0.25) is 0 Å². The van der Waals surface area contributed by atoms with Crippen LogP contribution >= 0.6 is 11.6 Å². The number of halogens is 1. The van der Waals surface area contributed by atoms with Crippen molar-refractivity contribution < 1.29 is 0 Å². The Morgan fingerprint density at radius 2 is 2.12 bits per heavy atom. The summed E-state index contributed by atoms with van der Waals surface area (Å²) in [5.74, 6) is 0.440. The van der Waals surface area contributed by atoms with Crippen molar-refractivity contribution in [3.63, 3.8) is 0 Å². The second kappa shape index (κ2) is 5.08. The minimum absolute atomic E-state index is 0.0236. The van der Waals surface area contributed by atoms with Crippen molar-refractivity contribution >= 4 is 17.4 Å². The van der Waals surface area contributed by atoms with Crippen LogP contribution in [0.25, 0.3) is 0 Å². The van der Waals surface area contributed by atoms with Crippen molar-refractivity contribution in [1.82, 2.24) is 9.55 Å². The third-order valence-corrected chi connectivity index (χ3v) is 2.57. The second-order valence-electron chi connectivity index (χ2n) is 5.26. The summed E-state index contributed by atoms with van der Waals surface area (Å²) in [6.45, 7) is 8.45. The van der Waals surface area contributed by atoms with Gasteiger partial charge in [0.05, 0.1) is 0 Å².